The Bertz CT molecular complexity index is 2510. The Balaban J connectivity index is 1.39. The van der Waals surface area contributed by atoms with Gasteiger partial charge in [-0.25, -0.2) is 0 Å². The number of pyridine rings is 2. The number of hydrogen-bond acceptors (Lipinski definition) is 0. The Morgan fingerprint density at radius 3 is 1.98 bits per heavy atom. The van der Waals surface area contributed by atoms with E-state index < -0.39 is 0 Å². The number of fused-ring (bicyclic) bond motifs is 5. The molecule has 0 saturated carbocycles. The van der Waals surface area contributed by atoms with Crippen molar-refractivity contribution in [3.05, 3.63) is 167 Å². The molecule has 8 rings (SSSR count). The van der Waals surface area contributed by atoms with Gasteiger partial charge in [0.1, 0.15) is 0 Å². The average Bonchev–Trinajstić information content (AvgIpc) is 3.34. The fourth-order valence-electron chi connectivity index (χ4n) is 8.20. The van der Waals surface area contributed by atoms with Crippen LogP contribution >= 0.6 is 0 Å². The summed E-state index contributed by atoms with van der Waals surface area (Å²) in [6, 6.07) is 43.1. The third-order valence-corrected chi connectivity index (χ3v) is 11.3. The van der Waals surface area contributed by atoms with Crippen LogP contribution in [0.25, 0.3) is 55.5 Å². The van der Waals surface area contributed by atoms with Crippen LogP contribution in [0.2, 0.25) is 0 Å². The van der Waals surface area contributed by atoms with Gasteiger partial charge in [0.15, 0.2) is 0 Å². The van der Waals surface area contributed by atoms with E-state index >= 15 is 0 Å². The highest BCUT2D eigenvalue weighted by molar-refractivity contribution is 5.98. The normalized spacial score (nSPS) is 13.4. The maximum atomic E-state index is 2.47. The molecule has 0 N–H and O–H groups in total. The summed E-state index contributed by atoms with van der Waals surface area (Å²) in [6.45, 7) is 20.7. The summed E-state index contributed by atoms with van der Waals surface area (Å²) in [4.78, 5) is 0. The Morgan fingerprint density at radius 1 is 0.510 bits per heavy atom. The first-order chi connectivity index (χ1) is 24.3. The lowest BCUT2D eigenvalue weighted by atomic mass is 9.79. The summed E-state index contributed by atoms with van der Waals surface area (Å²) in [5.41, 5.74) is 19.1. The van der Waals surface area contributed by atoms with Gasteiger partial charge in [-0.2, -0.15) is 0 Å². The molecule has 5 aromatic carbocycles. The minimum absolute atomic E-state index is 0.00356. The second-order valence-corrected chi connectivity index (χ2v) is 16.2. The number of nitrogens with zero attached hydrogens (tertiary/aromatic N) is 2. The van der Waals surface area contributed by atoms with Crippen molar-refractivity contribution in [2.75, 3.05) is 0 Å². The minimum Gasteiger partial charge on any atom is -0.0622 e. The molecule has 1 aliphatic rings. The molecule has 2 heterocycles. The number of aryl methyl sites for hydroxylation is 4. The first-order valence-electron chi connectivity index (χ1n) is 18.3. The molecular formula is C49H48N2+2. The maximum absolute atomic E-state index is 2.47. The molecule has 0 bridgehead atoms. The Hall–Kier alpha value is -5.34. The largest absolute Gasteiger partial charge is 0.284 e. The van der Waals surface area contributed by atoms with Gasteiger partial charge in [-0.3, -0.25) is 0 Å². The molecule has 51 heavy (non-hydrogen) atoms. The van der Waals surface area contributed by atoms with Gasteiger partial charge in [-0.15, -0.1) is 0 Å². The summed E-state index contributed by atoms with van der Waals surface area (Å²) in [5.74, 6) is 0. The van der Waals surface area contributed by atoms with Crippen LogP contribution in [0.3, 0.4) is 0 Å². The van der Waals surface area contributed by atoms with Crippen molar-refractivity contribution in [3.63, 3.8) is 0 Å². The monoisotopic (exact) mass is 664 g/mol. The van der Waals surface area contributed by atoms with E-state index in [1.807, 2.05) is 0 Å². The SMILES string of the molecule is Cc1cc(-c2cc3c(cc2C)C(C)(C)c2c-3ccc3ccccc23)[n+](-[n+]2ccc(C(C)(C)C)cc2-c2cc(-c3ccccc3)ccc2C)cc1C. The fraction of sp³-hybridized carbons (Fsp3) is 0.224. The van der Waals surface area contributed by atoms with Crippen LogP contribution in [0.4, 0.5) is 0 Å². The zero-order valence-corrected chi connectivity index (χ0v) is 31.5. The van der Waals surface area contributed by atoms with Crippen LogP contribution in [0, 0.1) is 27.7 Å². The first-order valence-corrected chi connectivity index (χ1v) is 18.3. The highest BCUT2D eigenvalue weighted by Gasteiger charge is 2.39. The van der Waals surface area contributed by atoms with Crippen molar-refractivity contribution in [3.8, 4) is 44.8 Å². The Labute approximate surface area is 303 Å². The molecule has 0 saturated heterocycles. The number of rotatable bonds is 4. The highest BCUT2D eigenvalue weighted by Crippen LogP contribution is 2.52. The molecule has 0 atom stereocenters. The summed E-state index contributed by atoms with van der Waals surface area (Å²) in [6.07, 6.45) is 4.59. The third kappa shape index (κ3) is 5.40. The Kier molecular flexibility index (Phi) is 7.65. The quantitative estimate of drug-likeness (QED) is 0.165. The van der Waals surface area contributed by atoms with Gasteiger partial charge in [-0.05, 0) is 112 Å². The predicted octanol–water partition coefficient (Wildman–Crippen LogP) is 11.6. The van der Waals surface area contributed by atoms with Gasteiger partial charge >= 0.3 is 0 Å². The van der Waals surface area contributed by atoms with Crippen molar-refractivity contribution in [2.24, 2.45) is 0 Å². The van der Waals surface area contributed by atoms with Crippen LogP contribution in [-0.2, 0) is 10.8 Å². The third-order valence-electron chi connectivity index (χ3n) is 11.3. The molecular weight excluding hydrogens is 617 g/mol. The molecule has 0 fully saturated rings. The van der Waals surface area contributed by atoms with Gasteiger partial charge in [0.25, 0.3) is 11.4 Å². The van der Waals surface area contributed by atoms with Gasteiger partial charge in [0, 0.05) is 29.2 Å². The van der Waals surface area contributed by atoms with E-state index in [4.69, 9.17) is 0 Å². The molecule has 2 heteroatoms. The topological polar surface area (TPSA) is 7.76 Å². The number of benzene rings is 5. The fourth-order valence-corrected chi connectivity index (χ4v) is 8.20. The highest BCUT2D eigenvalue weighted by atomic mass is 15.5. The predicted molar refractivity (Wildman–Crippen MR) is 213 cm³/mol. The van der Waals surface area contributed by atoms with E-state index in [9.17, 15) is 0 Å². The van der Waals surface area contributed by atoms with E-state index in [2.05, 4.69) is 199 Å². The number of aromatic nitrogens is 2. The van der Waals surface area contributed by atoms with E-state index in [0.29, 0.717) is 0 Å². The molecule has 0 spiro atoms. The molecule has 0 radical (unpaired) electrons. The molecule has 0 aliphatic heterocycles. The van der Waals surface area contributed by atoms with Crippen LogP contribution in [0.15, 0.2) is 128 Å². The standard InChI is InChI=1S/C49H48N2/c1-31-19-20-37(35-15-11-10-12-16-35)27-41(31)46-28-38(48(5,6)7)23-24-50(46)51-30-34(4)32(2)26-45(51)42-29-43-40-22-21-36-17-13-14-18-39(36)47(40)49(8,9)44(43)25-33(42)3/h10-30H,1-9H3/q+2. The maximum Gasteiger partial charge on any atom is 0.284 e. The van der Waals surface area contributed by atoms with Gasteiger partial charge in [-0.1, -0.05) is 120 Å². The zero-order chi connectivity index (χ0) is 35.8. The summed E-state index contributed by atoms with van der Waals surface area (Å²) in [7, 11) is 0. The van der Waals surface area contributed by atoms with Crippen molar-refractivity contribution in [1.82, 2.24) is 0 Å². The Morgan fingerprint density at radius 2 is 1.22 bits per heavy atom. The van der Waals surface area contributed by atoms with Crippen molar-refractivity contribution in [2.45, 2.75) is 73.1 Å². The van der Waals surface area contributed by atoms with Crippen molar-refractivity contribution >= 4 is 10.8 Å². The van der Waals surface area contributed by atoms with Crippen LogP contribution in [-0.4, -0.2) is 0 Å². The van der Waals surface area contributed by atoms with E-state index in [-0.39, 0.29) is 10.8 Å². The second kappa shape index (κ2) is 11.9. The second-order valence-electron chi connectivity index (χ2n) is 16.2. The van der Waals surface area contributed by atoms with Crippen LogP contribution in [0.5, 0.6) is 0 Å². The minimum atomic E-state index is -0.0972. The van der Waals surface area contributed by atoms with E-state index in [1.165, 1.54) is 94.5 Å². The van der Waals surface area contributed by atoms with E-state index in [0.717, 1.165) is 0 Å². The average molecular weight is 665 g/mol. The molecule has 252 valence electrons. The summed E-state index contributed by atoms with van der Waals surface area (Å²) >= 11 is 0. The summed E-state index contributed by atoms with van der Waals surface area (Å²) < 4.78 is 4.75. The molecule has 0 unspecified atom stereocenters. The smallest absolute Gasteiger partial charge is 0.0622 e. The summed E-state index contributed by atoms with van der Waals surface area (Å²) in [5, 5.41) is 2.65. The zero-order valence-electron chi connectivity index (χ0n) is 31.5. The lowest BCUT2D eigenvalue weighted by Crippen LogP contribution is -2.68. The molecule has 2 aromatic heterocycles. The van der Waals surface area contributed by atoms with Crippen molar-refractivity contribution in [1.29, 1.82) is 0 Å². The van der Waals surface area contributed by atoms with Gasteiger partial charge < -0.3 is 0 Å². The van der Waals surface area contributed by atoms with Crippen molar-refractivity contribution < 1.29 is 9.35 Å². The molecule has 7 aromatic rings. The molecule has 1 aliphatic carbocycles. The lowest BCUT2D eigenvalue weighted by molar-refractivity contribution is -1.29. The lowest BCUT2D eigenvalue weighted by Gasteiger charge is -2.23. The van der Waals surface area contributed by atoms with E-state index in [1.54, 1.807) is 0 Å². The first kappa shape index (κ1) is 32.8. The van der Waals surface area contributed by atoms with Gasteiger partial charge in [0.05, 0.1) is 20.5 Å². The molecule has 2 nitrogen and oxygen atoms in total. The number of hydrogen-bond donors (Lipinski definition) is 0. The molecule has 0 amide bonds. The van der Waals surface area contributed by atoms with Crippen LogP contribution < -0.4 is 9.35 Å². The van der Waals surface area contributed by atoms with Crippen LogP contribution in [0.1, 0.15) is 73.6 Å². The van der Waals surface area contributed by atoms with Gasteiger partial charge in [0.2, 0.25) is 12.4 Å².